The smallest absolute Gasteiger partial charge is 0.117 e. The SMILES string of the molecule is CC1(C)CC(CO)CCN1Cc1ccco1. The Hall–Kier alpha value is -0.800. The van der Waals surface area contributed by atoms with Gasteiger partial charge < -0.3 is 9.52 Å². The van der Waals surface area contributed by atoms with Crippen molar-refractivity contribution in [2.75, 3.05) is 13.2 Å². The Balaban J connectivity index is 2.00. The van der Waals surface area contributed by atoms with Crippen LogP contribution in [0, 0.1) is 5.92 Å². The van der Waals surface area contributed by atoms with Crippen molar-refractivity contribution in [3.05, 3.63) is 24.2 Å². The summed E-state index contributed by atoms with van der Waals surface area (Å²) in [7, 11) is 0. The monoisotopic (exact) mass is 223 g/mol. The Labute approximate surface area is 97.1 Å². The summed E-state index contributed by atoms with van der Waals surface area (Å²) in [4.78, 5) is 2.44. The summed E-state index contributed by atoms with van der Waals surface area (Å²) in [6.45, 7) is 6.73. The van der Waals surface area contributed by atoms with Crippen LogP contribution in [0.2, 0.25) is 0 Å². The molecule has 0 spiro atoms. The van der Waals surface area contributed by atoms with E-state index in [0.717, 1.165) is 31.7 Å². The van der Waals surface area contributed by atoms with Gasteiger partial charge in [-0.1, -0.05) is 0 Å². The molecule has 16 heavy (non-hydrogen) atoms. The van der Waals surface area contributed by atoms with E-state index in [1.54, 1.807) is 6.26 Å². The minimum atomic E-state index is 0.151. The number of piperidine rings is 1. The van der Waals surface area contributed by atoms with Gasteiger partial charge in [-0.05, 0) is 51.3 Å². The summed E-state index contributed by atoms with van der Waals surface area (Å²) in [6.07, 6.45) is 3.87. The first-order chi connectivity index (χ1) is 7.62. The molecule has 0 saturated carbocycles. The van der Waals surface area contributed by atoms with Crippen LogP contribution in [0.15, 0.2) is 22.8 Å². The zero-order valence-electron chi connectivity index (χ0n) is 10.1. The predicted octanol–water partition coefficient (Wildman–Crippen LogP) is 2.26. The van der Waals surface area contributed by atoms with Crippen molar-refractivity contribution in [2.24, 2.45) is 5.92 Å². The van der Waals surface area contributed by atoms with Crippen LogP contribution >= 0.6 is 0 Å². The lowest BCUT2D eigenvalue weighted by atomic mass is 9.83. The van der Waals surface area contributed by atoms with E-state index in [-0.39, 0.29) is 5.54 Å². The Morgan fingerprint density at radius 3 is 2.94 bits per heavy atom. The molecule has 1 saturated heterocycles. The van der Waals surface area contributed by atoms with E-state index in [1.807, 2.05) is 12.1 Å². The van der Waals surface area contributed by atoms with E-state index < -0.39 is 0 Å². The molecule has 3 heteroatoms. The summed E-state index contributed by atoms with van der Waals surface area (Å²) in [6, 6.07) is 3.96. The molecule has 1 aliphatic heterocycles. The molecule has 1 atom stereocenters. The number of likely N-dealkylation sites (tertiary alicyclic amines) is 1. The minimum Gasteiger partial charge on any atom is -0.468 e. The maximum absolute atomic E-state index is 9.23. The summed E-state index contributed by atoms with van der Waals surface area (Å²) in [5, 5.41) is 9.23. The number of rotatable bonds is 3. The Morgan fingerprint density at radius 1 is 1.56 bits per heavy atom. The first-order valence-electron chi connectivity index (χ1n) is 6.00. The standard InChI is InChI=1S/C13H21NO2/c1-13(2)8-11(10-15)5-6-14(13)9-12-4-3-7-16-12/h3-4,7,11,15H,5-6,8-10H2,1-2H3. The fourth-order valence-electron chi connectivity index (χ4n) is 2.62. The second kappa shape index (κ2) is 4.60. The van der Waals surface area contributed by atoms with Gasteiger partial charge in [0.2, 0.25) is 0 Å². The number of nitrogens with zero attached hydrogens (tertiary/aromatic N) is 1. The highest BCUT2D eigenvalue weighted by Crippen LogP contribution is 2.32. The van der Waals surface area contributed by atoms with Crippen LogP contribution in [0.5, 0.6) is 0 Å². The van der Waals surface area contributed by atoms with Crippen LogP contribution in [-0.2, 0) is 6.54 Å². The van der Waals surface area contributed by atoms with Crippen molar-refractivity contribution >= 4 is 0 Å². The van der Waals surface area contributed by atoms with Crippen molar-refractivity contribution < 1.29 is 9.52 Å². The number of furan rings is 1. The molecule has 0 bridgehead atoms. The summed E-state index contributed by atoms with van der Waals surface area (Å²) in [5.41, 5.74) is 0.151. The van der Waals surface area contributed by atoms with E-state index in [0.29, 0.717) is 12.5 Å². The molecule has 3 nitrogen and oxygen atoms in total. The molecule has 1 unspecified atom stereocenters. The molecule has 1 aromatic heterocycles. The lowest BCUT2D eigenvalue weighted by molar-refractivity contribution is 0.0172. The fourth-order valence-corrected chi connectivity index (χ4v) is 2.62. The molecule has 0 aliphatic carbocycles. The van der Waals surface area contributed by atoms with Gasteiger partial charge in [0.25, 0.3) is 0 Å². The fraction of sp³-hybridized carbons (Fsp3) is 0.692. The Kier molecular flexibility index (Phi) is 3.36. The third-order valence-corrected chi connectivity index (χ3v) is 3.64. The molecule has 0 radical (unpaired) electrons. The largest absolute Gasteiger partial charge is 0.468 e. The zero-order chi connectivity index (χ0) is 11.6. The number of aliphatic hydroxyl groups is 1. The van der Waals surface area contributed by atoms with E-state index in [2.05, 4.69) is 18.7 Å². The normalized spacial score (nSPS) is 25.8. The van der Waals surface area contributed by atoms with Gasteiger partial charge in [-0.25, -0.2) is 0 Å². The Bertz CT molecular complexity index is 319. The maximum Gasteiger partial charge on any atom is 0.117 e. The number of hydrogen-bond acceptors (Lipinski definition) is 3. The average molecular weight is 223 g/mol. The van der Waals surface area contributed by atoms with Gasteiger partial charge in [0.15, 0.2) is 0 Å². The summed E-state index contributed by atoms with van der Waals surface area (Å²) in [5.74, 6) is 1.48. The highest BCUT2D eigenvalue weighted by atomic mass is 16.3. The molecule has 1 aromatic rings. The molecule has 90 valence electrons. The van der Waals surface area contributed by atoms with Gasteiger partial charge in [0, 0.05) is 12.1 Å². The van der Waals surface area contributed by atoms with Crippen molar-refractivity contribution in [1.29, 1.82) is 0 Å². The second-order valence-electron chi connectivity index (χ2n) is 5.35. The molecule has 0 aromatic carbocycles. The first kappa shape index (κ1) is 11.7. The van der Waals surface area contributed by atoms with Crippen molar-refractivity contribution in [1.82, 2.24) is 4.90 Å². The molecule has 1 N–H and O–H groups in total. The second-order valence-corrected chi connectivity index (χ2v) is 5.35. The van der Waals surface area contributed by atoms with Gasteiger partial charge in [-0.3, -0.25) is 4.90 Å². The highest BCUT2D eigenvalue weighted by Gasteiger charge is 2.34. The van der Waals surface area contributed by atoms with Crippen molar-refractivity contribution in [2.45, 2.75) is 38.8 Å². The lowest BCUT2D eigenvalue weighted by Gasteiger charge is -2.45. The quantitative estimate of drug-likeness (QED) is 0.854. The molecule has 1 fully saturated rings. The topological polar surface area (TPSA) is 36.6 Å². The summed E-state index contributed by atoms with van der Waals surface area (Å²) >= 11 is 0. The van der Waals surface area contributed by atoms with Crippen LogP contribution in [0.3, 0.4) is 0 Å². The van der Waals surface area contributed by atoms with Crippen LogP contribution < -0.4 is 0 Å². The van der Waals surface area contributed by atoms with Gasteiger partial charge in [-0.15, -0.1) is 0 Å². The van der Waals surface area contributed by atoms with Gasteiger partial charge >= 0.3 is 0 Å². The first-order valence-corrected chi connectivity index (χ1v) is 6.00. The molecule has 0 amide bonds. The van der Waals surface area contributed by atoms with Gasteiger partial charge in [0.05, 0.1) is 12.8 Å². The predicted molar refractivity (Wildman–Crippen MR) is 63.0 cm³/mol. The number of aliphatic hydroxyl groups excluding tert-OH is 1. The van der Waals surface area contributed by atoms with Crippen LogP contribution in [0.25, 0.3) is 0 Å². The average Bonchev–Trinajstić information content (AvgIpc) is 2.73. The van der Waals surface area contributed by atoms with E-state index in [9.17, 15) is 5.11 Å². The maximum atomic E-state index is 9.23. The molecule has 2 heterocycles. The highest BCUT2D eigenvalue weighted by molar-refractivity contribution is 5.00. The molecular weight excluding hydrogens is 202 g/mol. The number of hydrogen-bond donors (Lipinski definition) is 1. The van der Waals surface area contributed by atoms with Gasteiger partial charge in [0.1, 0.15) is 5.76 Å². The minimum absolute atomic E-state index is 0.151. The third-order valence-electron chi connectivity index (χ3n) is 3.64. The molecule has 1 aliphatic rings. The van der Waals surface area contributed by atoms with Gasteiger partial charge in [-0.2, -0.15) is 0 Å². The van der Waals surface area contributed by atoms with Crippen LogP contribution in [0.4, 0.5) is 0 Å². The molecule has 2 rings (SSSR count). The Morgan fingerprint density at radius 2 is 2.38 bits per heavy atom. The van der Waals surface area contributed by atoms with E-state index >= 15 is 0 Å². The molecular formula is C13H21NO2. The van der Waals surface area contributed by atoms with Crippen LogP contribution in [-0.4, -0.2) is 28.7 Å². The lowest BCUT2D eigenvalue weighted by Crippen LogP contribution is -2.49. The third kappa shape index (κ3) is 2.47. The van der Waals surface area contributed by atoms with Crippen LogP contribution in [0.1, 0.15) is 32.4 Å². The van der Waals surface area contributed by atoms with E-state index in [1.165, 1.54) is 0 Å². The van der Waals surface area contributed by atoms with Crippen molar-refractivity contribution in [3.63, 3.8) is 0 Å². The summed E-state index contributed by atoms with van der Waals surface area (Å²) < 4.78 is 5.39. The zero-order valence-corrected chi connectivity index (χ0v) is 10.1. The van der Waals surface area contributed by atoms with Crippen molar-refractivity contribution in [3.8, 4) is 0 Å². The van der Waals surface area contributed by atoms with E-state index in [4.69, 9.17) is 4.42 Å².